The second kappa shape index (κ2) is 12.2. The highest BCUT2D eigenvalue weighted by Crippen LogP contribution is 2.20. The molecule has 0 saturated carbocycles. The number of nitrogens with one attached hydrogen (secondary N) is 3. The second-order valence-corrected chi connectivity index (χ2v) is 8.09. The normalized spacial score (nSPS) is 18.2. The Hall–Kier alpha value is -3.13. The van der Waals surface area contributed by atoms with Gasteiger partial charge in [-0.25, -0.2) is 9.78 Å². The van der Waals surface area contributed by atoms with E-state index >= 15 is 0 Å². The number of nitrogens with two attached hydrogens (primary N) is 2. The molecule has 0 aromatic carbocycles. The molecular formula is C19H29N7O6S. The highest BCUT2D eigenvalue weighted by molar-refractivity contribution is 7.80. The first kappa shape index (κ1) is 26.1. The van der Waals surface area contributed by atoms with Gasteiger partial charge in [-0.15, -0.1) is 0 Å². The maximum Gasteiger partial charge on any atom is 0.326 e. The lowest BCUT2D eigenvalue weighted by Gasteiger charge is -2.29. The van der Waals surface area contributed by atoms with Crippen molar-refractivity contribution in [3.8, 4) is 0 Å². The highest BCUT2D eigenvalue weighted by atomic mass is 32.1. The SMILES string of the molecule is NC(=O)CCC(NC(=O)C1CCCN1C(=O)C(Cc1cnc[nH]1)NC(=O)C(N)CS)C(=O)O. The Kier molecular flexibility index (Phi) is 9.66. The lowest BCUT2D eigenvalue weighted by atomic mass is 10.1. The zero-order chi connectivity index (χ0) is 24.5. The van der Waals surface area contributed by atoms with Gasteiger partial charge >= 0.3 is 5.97 Å². The smallest absolute Gasteiger partial charge is 0.326 e. The van der Waals surface area contributed by atoms with E-state index in [1.807, 2.05) is 0 Å². The number of carbonyl (C=O) groups excluding carboxylic acids is 4. The first-order chi connectivity index (χ1) is 15.6. The molecule has 13 nitrogen and oxygen atoms in total. The van der Waals surface area contributed by atoms with Crippen molar-refractivity contribution in [3.05, 3.63) is 18.2 Å². The van der Waals surface area contributed by atoms with Crippen molar-refractivity contribution < 1.29 is 29.1 Å². The summed E-state index contributed by atoms with van der Waals surface area (Å²) in [6.07, 6.45) is 3.48. The molecule has 182 valence electrons. The number of hydrogen-bond acceptors (Lipinski definition) is 8. The molecule has 0 radical (unpaired) electrons. The number of aromatic nitrogens is 2. The van der Waals surface area contributed by atoms with E-state index in [9.17, 15) is 29.1 Å². The molecule has 1 aromatic rings. The number of aliphatic carboxylic acids is 1. The molecule has 1 aliphatic heterocycles. The Morgan fingerprint density at radius 1 is 1.27 bits per heavy atom. The van der Waals surface area contributed by atoms with E-state index < -0.39 is 53.8 Å². The summed E-state index contributed by atoms with van der Waals surface area (Å²) in [7, 11) is 0. The second-order valence-electron chi connectivity index (χ2n) is 7.73. The van der Waals surface area contributed by atoms with E-state index in [0.29, 0.717) is 18.5 Å². The maximum atomic E-state index is 13.3. The summed E-state index contributed by atoms with van der Waals surface area (Å²) in [6.45, 7) is 0.254. The third kappa shape index (κ3) is 7.46. The van der Waals surface area contributed by atoms with Crippen molar-refractivity contribution in [3.63, 3.8) is 0 Å². The van der Waals surface area contributed by atoms with E-state index in [2.05, 4.69) is 33.2 Å². The van der Waals surface area contributed by atoms with Crippen molar-refractivity contribution in [1.29, 1.82) is 0 Å². The molecule has 4 amide bonds. The zero-order valence-electron chi connectivity index (χ0n) is 17.9. The molecule has 8 N–H and O–H groups in total. The number of aromatic amines is 1. The molecule has 1 aliphatic rings. The van der Waals surface area contributed by atoms with Crippen LogP contribution in [0.2, 0.25) is 0 Å². The number of amides is 4. The van der Waals surface area contributed by atoms with Crippen LogP contribution in [0.3, 0.4) is 0 Å². The van der Waals surface area contributed by atoms with E-state index in [1.165, 1.54) is 17.4 Å². The van der Waals surface area contributed by atoms with Crippen LogP contribution in [0.4, 0.5) is 0 Å². The number of carboxylic acids is 1. The van der Waals surface area contributed by atoms with Crippen LogP contribution in [0.15, 0.2) is 12.5 Å². The fraction of sp³-hybridized carbons (Fsp3) is 0.579. The molecule has 14 heteroatoms. The molecule has 1 aromatic heterocycles. The van der Waals surface area contributed by atoms with Crippen LogP contribution < -0.4 is 22.1 Å². The number of H-pyrrole nitrogens is 1. The number of rotatable bonds is 12. The lowest BCUT2D eigenvalue weighted by molar-refractivity contribution is -0.145. The van der Waals surface area contributed by atoms with Crippen LogP contribution in [0.25, 0.3) is 0 Å². The number of carbonyl (C=O) groups is 5. The van der Waals surface area contributed by atoms with Crippen molar-refractivity contribution in [1.82, 2.24) is 25.5 Å². The highest BCUT2D eigenvalue weighted by Gasteiger charge is 2.39. The average molecular weight is 484 g/mol. The molecule has 1 fully saturated rings. The molecule has 0 bridgehead atoms. The van der Waals surface area contributed by atoms with E-state index in [-0.39, 0.29) is 31.6 Å². The van der Waals surface area contributed by atoms with Gasteiger partial charge in [0.25, 0.3) is 0 Å². The van der Waals surface area contributed by atoms with Crippen molar-refractivity contribution in [2.24, 2.45) is 11.5 Å². The van der Waals surface area contributed by atoms with Crippen LogP contribution in [0, 0.1) is 0 Å². The summed E-state index contributed by atoms with van der Waals surface area (Å²) in [5.41, 5.74) is 11.4. The molecule has 2 rings (SSSR count). The Morgan fingerprint density at radius 2 is 2.00 bits per heavy atom. The molecule has 2 heterocycles. The number of primary amides is 1. The third-order valence-corrected chi connectivity index (χ3v) is 5.65. The van der Waals surface area contributed by atoms with Gasteiger partial charge in [0.2, 0.25) is 23.6 Å². The number of carboxylic acid groups (broad SMARTS) is 1. The van der Waals surface area contributed by atoms with Gasteiger partial charge in [0, 0.05) is 37.0 Å². The summed E-state index contributed by atoms with van der Waals surface area (Å²) in [5, 5.41) is 14.3. The van der Waals surface area contributed by atoms with Gasteiger partial charge in [-0.3, -0.25) is 19.2 Å². The van der Waals surface area contributed by atoms with Gasteiger partial charge in [-0.2, -0.15) is 12.6 Å². The standard InChI is InChI=1S/C19H29N7O6S/c20-11(8-33)16(28)25-13(6-10-7-22-9-23-10)18(30)26-5-1-2-14(26)17(29)24-12(19(31)32)3-4-15(21)27/h7,9,11-14,33H,1-6,8,20H2,(H2,21,27)(H,22,23)(H,24,29)(H,25,28)(H,31,32). The Labute approximate surface area is 195 Å². The largest absolute Gasteiger partial charge is 0.480 e. The molecule has 4 atom stereocenters. The van der Waals surface area contributed by atoms with Crippen LogP contribution in [-0.2, 0) is 30.4 Å². The molecule has 33 heavy (non-hydrogen) atoms. The third-order valence-electron chi connectivity index (χ3n) is 5.26. The number of nitrogens with zero attached hydrogens (tertiary/aromatic N) is 2. The van der Waals surface area contributed by atoms with Gasteiger partial charge in [-0.1, -0.05) is 0 Å². The first-order valence-corrected chi connectivity index (χ1v) is 11.0. The number of imidazole rings is 1. The van der Waals surface area contributed by atoms with Crippen LogP contribution in [0.5, 0.6) is 0 Å². The minimum Gasteiger partial charge on any atom is -0.480 e. The zero-order valence-corrected chi connectivity index (χ0v) is 18.8. The number of likely N-dealkylation sites (tertiary alicyclic amines) is 1. The minimum absolute atomic E-state index is 0.0768. The summed E-state index contributed by atoms with van der Waals surface area (Å²) < 4.78 is 0. The van der Waals surface area contributed by atoms with Gasteiger partial charge in [0.1, 0.15) is 18.1 Å². The number of hydrogen-bond donors (Lipinski definition) is 7. The van der Waals surface area contributed by atoms with Gasteiger partial charge in [0.05, 0.1) is 12.4 Å². The average Bonchev–Trinajstić information content (AvgIpc) is 3.46. The minimum atomic E-state index is -1.32. The fourth-order valence-electron chi connectivity index (χ4n) is 3.49. The summed E-state index contributed by atoms with van der Waals surface area (Å²) in [4.78, 5) is 69.0. The fourth-order valence-corrected chi connectivity index (χ4v) is 3.66. The van der Waals surface area contributed by atoms with Gasteiger partial charge in [0.15, 0.2) is 0 Å². The Morgan fingerprint density at radius 3 is 2.58 bits per heavy atom. The maximum absolute atomic E-state index is 13.3. The predicted molar refractivity (Wildman–Crippen MR) is 119 cm³/mol. The van der Waals surface area contributed by atoms with E-state index in [0.717, 1.165) is 0 Å². The van der Waals surface area contributed by atoms with Crippen molar-refractivity contribution >= 4 is 42.2 Å². The number of thiol groups is 1. The molecule has 0 spiro atoms. The molecule has 4 unspecified atom stereocenters. The Bertz CT molecular complexity index is 865. The summed E-state index contributed by atoms with van der Waals surface area (Å²) in [6, 6.07) is -4.20. The molecular weight excluding hydrogens is 454 g/mol. The Balaban J connectivity index is 2.15. The van der Waals surface area contributed by atoms with Crippen LogP contribution >= 0.6 is 12.6 Å². The van der Waals surface area contributed by atoms with Crippen LogP contribution in [0.1, 0.15) is 31.4 Å². The summed E-state index contributed by atoms with van der Waals surface area (Å²) in [5.74, 6) is -3.66. The molecule has 0 aliphatic carbocycles. The predicted octanol–water partition coefficient (Wildman–Crippen LogP) is -2.48. The topological polar surface area (TPSA) is 214 Å². The summed E-state index contributed by atoms with van der Waals surface area (Å²) >= 11 is 4.00. The first-order valence-electron chi connectivity index (χ1n) is 10.4. The van der Waals surface area contributed by atoms with Crippen molar-refractivity contribution in [2.75, 3.05) is 12.3 Å². The van der Waals surface area contributed by atoms with Crippen molar-refractivity contribution in [2.45, 2.75) is 56.3 Å². The van der Waals surface area contributed by atoms with Gasteiger partial charge in [-0.05, 0) is 19.3 Å². The quantitative estimate of drug-likeness (QED) is 0.158. The van der Waals surface area contributed by atoms with Gasteiger partial charge < -0.3 is 37.1 Å². The van der Waals surface area contributed by atoms with E-state index in [4.69, 9.17) is 11.5 Å². The van der Waals surface area contributed by atoms with E-state index in [1.54, 1.807) is 0 Å². The monoisotopic (exact) mass is 483 g/mol. The van der Waals surface area contributed by atoms with Crippen LogP contribution in [-0.4, -0.2) is 86.0 Å². The lowest BCUT2D eigenvalue weighted by Crippen LogP contribution is -2.57. The molecule has 1 saturated heterocycles.